The zero-order valence-corrected chi connectivity index (χ0v) is 14.1. The summed E-state index contributed by atoms with van der Waals surface area (Å²) in [6.07, 6.45) is 8.32. The number of carbonyl (C=O) groups excluding carboxylic acids is 1. The molecule has 0 aromatic heterocycles. The third-order valence-corrected chi connectivity index (χ3v) is 6.04. The van der Waals surface area contributed by atoms with Crippen molar-refractivity contribution in [1.29, 1.82) is 0 Å². The molecule has 2 saturated carbocycles. The fourth-order valence-electron chi connectivity index (χ4n) is 3.63. The van der Waals surface area contributed by atoms with Crippen LogP contribution in [0.2, 0.25) is 0 Å². The lowest BCUT2D eigenvalue weighted by Gasteiger charge is -2.33. The molecule has 0 heterocycles. The smallest absolute Gasteiger partial charge is 0.223 e. The molecule has 1 amide bonds. The van der Waals surface area contributed by atoms with Crippen molar-refractivity contribution in [2.45, 2.75) is 63.2 Å². The lowest BCUT2D eigenvalue weighted by atomic mass is 9.92. The summed E-state index contributed by atoms with van der Waals surface area (Å²) in [6.45, 7) is 2.87. The summed E-state index contributed by atoms with van der Waals surface area (Å²) >= 11 is 2.01. The highest BCUT2D eigenvalue weighted by Gasteiger charge is 2.34. The lowest BCUT2D eigenvalue weighted by Crippen LogP contribution is -2.47. The highest BCUT2D eigenvalue weighted by Crippen LogP contribution is 2.33. The Morgan fingerprint density at radius 2 is 1.95 bits per heavy atom. The molecule has 3 nitrogen and oxygen atoms in total. The summed E-state index contributed by atoms with van der Waals surface area (Å²) in [7, 11) is 0. The average Bonchev–Trinajstić information content (AvgIpc) is 2.89. The molecule has 0 bridgehead atoms. The molecule has 3 N–H and O–H groups in total. The predicted octanol–water partition coefficient (Wildman–Crippen LogP) is 2.96. The van der Waals surface area contributed by atoms with Gasteiger partial charge in [-0.25, -0.2) is 0 Å². The number of thioether (sulfide) groups is 1. The van der Waals surface area contributed by atoms with Crippen LogP contribution in [-0.4, -0.2) is 29.5 Å². The van der Waals surface area contributed by atoms with E-state index in [0.29, 0.717) is 23.8 Å². The maximum atomic E-state index is 12.5. The van der Waals surface area contributed by atoms with Gasteiger partial charge in [-0.1, -0.05) is 26.2 Å². The summed E-state index contributed by atoms with van der Waals surface area (Å²) in [6, 6.07) is 0.394. The number of rotatable bonds is 5. The van der Waals surface area contributed by atoms with Crippen molar-refractivity contribution in [3.05, 3.63) is 0 Å². The Morgan fingerprint density at radius 1 is 1.20 bits per heavy atom. The first-order valence-electron chi connectivity index (χ1n) is 7.88. The summed E-state index contributed by atoms with van der Waals surface area (Å²) < 4.78 is 0. The molecule has 0 aromatic rings. The number of hydrogen-bond acceptors (Lipinski definition) is 3. The maximum absolute atomic E-state index is 12.5. The SMILES string of the molecule is CCSC1CCCCC1NC(=O)[C@@H]1CCC[C@@H]1CN.Cl. The summed E-state index contributed by atoms with van der Waals surface area (Å²) in [5, 5.41) is 3.97. The molecule has 4 atom stereocenters. The molecule has 2 aliphatic carbocycles. The summed E-state index contributed by atoms with van der Waals surface area (Å²) in [5.41, 5.74) is 5.79. The van der Waals surface area contributed by atoms with E-state index in [1.165, 1.54) is 19.3 Å². The number of carbonyl (C=O) groups is 1. The van der Waals surface area contributed by atoms with Crippen LogP contribution in [0.25, 0.3) is 0 Å². The first-order chi connectivity index (χ1) is 9.26. The predicted molar refractivity (Wildman–Crippen MR) is 89.5 cm³/mol. The Hall–Kier alpha value is 0.0700. The van der Waals surface area contributed by atoms with Gasteiger partial charge in [0.05, 0.1) is 0 Å². The Labute approximate surface area is 133 Å². The molecule has 20 heavy (non-hydrogen) atoms. The molecular weight excluding hydrogens is 292 g/mol. The number of hydrogen-bond donors (Lipinski definition) is 2. The Balaban J connectivity index is 0.00000200. The Bertz CT molecular complexity index is 302. The maximum Gasteiger partial charge on any atom is 0.223 e. The molecule has 2 unspecified atom stereocenters. The third kappa shape index (κ3) is 4.54. The minimum atomic E-state index is 0. The molecule has 2 rings (SSSR count). The standard InChI is InChI=1S/C15H28N2OS.ClH/c1-2-19-14-9-4-3-8-13(14)17-15(18)12-7-5-6-11(12)10-16;/h11-14H,2-10,16H2,1H3,(H,17,18);1H/t11-,12-,13?,14?;/m1./s1. The van der Waals surface area contributed by atoms with E-state index in [1.807, 2.05) is 11.8 Å². The van der Waals surface area contributed by atoms with Crippen LogP contribution in [0, 0.1) is 11.8 Å². The van der Waals surface area contributed by atoms with Crippen molar-refractivity contribution in [3.8, 4) is 0 Å². The van der Waals surface area contributed by atoms with Crippen molar-refractivity contribution in [3.63, 3.8) is 0 Å². The van der Waals surface area contributed by atoms with Gasteiger partial charge in [-0.3, -0.25) is 4.79 Å². The molecule has 0 spiro atoms. The molecule has 0 saturated heterocycles. The monoisotopic (exact) mass is 320 g/mol. The van der Waals surface area contributed by atoms with Gasteiger partial charge >= 0.3 is 0 Å². The van der Waals surface area contributed by atoms with E-state index in [-0.39, 0.29) is 24.2 Å². The van der Waals surface area contributed by atoms with E-state index >= 15 is 0 Å². The first-order valence-corrected chi connectivity index (χ1v) is 8.93. The second-order valence-electron chi connectivity index (χ2n) is 5.93. The van der Waals surface area contributed by atoms with Crippen molar-refractivity contribution in [1.82, 2.24) is 5.32 Å². The van der Waals surface area contributed by atoms with Gasteiger partial charge in [0.15, 0.2) is 0 Å². The molecule has 118 valence electrons. The third-order valence-electron chi connectivity index (χ3n) is 4.71. The number of halogens is 1. The summed E-state index contributed by atoms with van der Waals surface area (Å²) in [4.78, 5) is 12.5. The van der Waals surface area contributed by atoms with Crippen molar-refractivity contribution < 1.29 is 4.79 Å². The zero-order valence-electron chi connectivity index (χ0n) is 12.5. The molecule has 0 aromatic carbocycles. The van der Waals surface area contributed by atoms with E-state index in [1.54, 1.807) is 0 Å². The van der Waals surface area contributed by atoms with E-state index < -0.39 is 0 Å². The molecule has 5 heteroatoms. The van der Waals surface area contributed by atoms with Gasteiger partial charge in [0.25, 0.3) is 0 Å². The van der Waals surface area contributed by atoms with Crippen LogP contribution in [0.1, 0.15) is 51.9 Å². The fourth-order valence-corrected chi connectivity index (χ4v) is 4.83. The van der Waals surface area contributed by atoms with Gasteiger partial charge < -0.3 is 11.1 Å². The molecule has 0 aliphatic heterocycles. The van der Waals surface area contributed by atoms with Crippen LogP contribution in [-0.2, 0) is 4.79 Å². The van der Waals surface area contributed by atoms with Crippen LogP contribution >= 0.6 is 24.2 Å². The van der Waals surface area contributed by atoms with Gasteiger partial charge in [-0.05, 0) is 43.9 Å². The van der Waals surface area contributed by atoms with E-state index in [4.69, 9.17) is 5.73 Å². The zero-order chi connectivity index (χ0) is 13.7. The quantitative estimate of drug-likeness (QED) is 0.819. The normalized spacial score (nSPS) is 33.5. The van der Waals surface area contributed by atoms with Crippen molar-refractivity contribution >= 4 is 30.1 Å². The van der Waals surface area contributed by atoms with Crippen molar-refractivity contribution in [2.75, 3.05) is 12.3 Å². The fraction of sp³-hybridized carbons (Fsp3) is 0.933. The van der Waals surface area contributed by atoms with Crippen LogP contribution in [0.5, 0.6) is 0 Å². The van der Waals surface area contributed by atoms with Crippen LogP contribution in [0.15, 0.2) is 0 Å². The number of nitrogens with one attached hydrogen (secondary N) is 1. The van der Waals surface area contributed by atoms with Gasteiger partial charge in [-0.2, -0.15) is 11.8 Å². The van der Waals surface area contributed by atoms with Crippen LogP contribution in [0.4, 0.5) is 0 Å². The summed E-state index contributed by atoms with van der Waals surface area (Å²) in [5.74, 6) is 2.02. The van der Waals surface area contributed by atoms with Gasteiger partial charge in [0.1, 0.15) is 0 Å². The van der Waals surface area contributed by atoms with E-state index in [2.05, 4.69) is 12.2 Å². The minimum absolute atomic E-state index is 0. The van der Waals surface area contributed by atoms with Crippen LogP contribution in [0.3, 0.4) is 0 Å². The topological polar surface area (TPSA) is 55.1 Å². The molecular formula is C15H29ClN2OS. The average molecular weight is 321 g/mol. The lowest BCUT2D eigenvalue weighted by molar-refractivity contribution is -0.126. The number of amides is 1. The largest absolute Gasteiger partial charge is 0.352 e. The van der Waals surface area contributed by atoms with Crippen LogP contribution < -0.4 is 11.1 Å². The molecule has 0 radical (unpaired) electrons. The first kappa shape index (κ1) is 18.1. The molecule has 2 aliphatic rings. The highest BCUT2D eigenvalue weighted by atomic mass is 35.5. The molecule has 2 fully saturated rings. The number of nitrogens with two attached hydrogens (primary N) is 1. The minimum Gasteiger partial charge on any atom is -0.352 e. The van der Waals surface area contributed by atoms with Gasteiger partial charge in [-0.15, -0.1) is 12.4 Å². The highest BCUT2D eigenvalue weighted by molar-refractivity contribution is 7.99. The van der Waals surface area contributed by atoms with Gasteiger partial charge in [0, 0.05) is 17.2 Å². The van der Waals surface area contributed by atoms with E-state index in [0.717, 1.165) is 31.4 Å². The Kier molecular flexibility index (Phi) is 8.30. The second kappa shape index (κ2) is 9.16. The Morgan fingerprint density at radius 3 is 2.65 bits per heavy atom. The second-order valence-corrected chi connectivity index (χ2v) is 7.44. The van der Waals surface area contributed by atoms with E-state index in [9.17, 15) is 4.79 Å². The van der Waals surface area contributed by atoms with Crippen molar-refractivity contribution in [2.24, 2.45) is 17.6 Å². The van der Waals surface area contributed by atoms with Gasteiger partial charge in [0.2, 0.25) is 5.91 Å².